The monoisotopic (exact) mass is 274 g/mol. The van der Waals surface area contributed by atoms with Gasteiger partial charge in [-0.15, -0.1) is 0 Å². The number of hydrogen-bond acceptors (Lipinski definition) is 4. The van der Waals surface area contributed by atoms with E-state index in [1.807, 2.05) is 18.2 Å². The fourth-order valence-electron chi connectivity index (χ4n) is 2.71. The van der Waals surface area contributed by atoms with E-state index in [4.69, 9.17) is 4.74 Å². The number of H-pyrrole nitrogens is 1. The van der Waals surface area contributed by atoms with Crippen LogP contribution in [0.3, 0.4) is 0 Å². The largest absolute Gasteiger partial charge is 0.481 e. The van der Waals surface area contributed by atoms with E-state index in [1.54, 1.807) is 25.6 Å². The minimum atomic E-state index is 0.540. The van der Waals surface area contributed by atoms with E-state index in [9.17, 15) is 5.26 Å². The van der Waals surface area contributed by atoms with Gasteiger partial charge in [-0.1, -0.05) is 0 Å². The molecule has 0 bridgehead atoms. The number of pyridine rings is 2. The van der Waals surface area contributed by atoms with E-state index < -0.39 is 0 Å². The number of nitrogens with zero attached hydrogens (tertiary/aromatic N) is 3. The molecule has 0 saturated carbocycles. The summed E-state index contributed by atoms with van der Waals surface area (Å²) in [5.74, 6) is 0.540. The third kappa shape index (κ3) is 1.56. The van der Waals surface area contributed by atoms with Gasteiger partial charge in [0.05, 0.1) is 24.3 Å². The molecular formula is C16H10N4O. The lowest BCUT2D eigenvalue weighted by Crippen LogP contribution is -1.86. The van der Waals surface area contributed by atoms with Crippen LogP contribution < -0.4 is 4.74 Å². The Morgan fingerprint density at radius 1 is 1.24 bits per heavy atom. The number of methoxy groups -OCH3 is 1. The predicted molar refractivity (Wildman–Crippen MR) is 80.2 cm³/mol. The SMILES string of the molecule is COc1ccc2c(n1)[nH]c1c3ccncc3cc(C#N)c21. The van der Waals surface area contributed by atoms with Crippen molar-refractivity contribution in [2.45, 2.75) is 0 Å². The third-order valence-corrected chi connectivity index (χ3v) is 3.65. The molecule has 0 radical (unpaired) electrons. The van der Waals surface area contributed by atoms with E-state index in [-0.39, 0.29) is 0 Å². The molecule has 0 fully saturated rings. The van der Waals surface area contributed by atoms with Crippen LogP contribution in [-0.4, -0.2) is 22.1 Å². The van der Waals surface area contributed by atoms with Gasteiger partial charge in [-0.2, -0.15) is 10.2 Å². The first-order chi connectivity index (χ1) is 10.3. The highest BCUT2D eigenvalue weighted by Crippen LogP contribution is 2.33. The summed E-state index contributed by atoms with van der Waals surface area (Å²) in [6.07, 6.45) is 3.50. The molecule has 21 heavy (non-hydrogen) atoms. The van der Waals surface area contributed by atoms with Gasteiger partial charge in [0, 0.05) is 40.0 Å². The number of nitrogens with one attached hydrogen (secondary N) is 1. The fraction of sp³-hybridized carbons (Fsp3) is 0.0625. The van der Waals surface area contributed by atoms with Crippen LogP contribution in [0, 0.1) is 11.3 Å². The van der Waals surface area contributed by atoms with Crippen LogP contribution in [0.2, 0.25) is 0 Å². The van der Waals surface area contributed by atoms with Gasteiger partial charge in [-0.3, -0.25) is 4.98 Å². The lowest BCUT2D eigenvalue weighted by atomic mass is 10.0. The number of hydrogen-bond donors (Lipinski definition) is 1. The van der Waals surface area contributed by atoms with Gasteiger partial charge in [0.1, 0.15) is 5.65 Å². The molecule has 0 aliphatic rings. The molecule has 0 atom stereocenters. The molecule has 0 aliphatic carbocycles. The van der Waals surface area contributed by atoms with Crippen molar-refractivity contribution in [2.75, 3.05) is 7.11 Å². The van der Waals surface area contributed by atoms with Gasteiger partial charge in [0.25, 0.3) is 0 Å². The average Bonchev–Trinajstić information content (AvgIpc) is 2.92. The minimum Gasteiger partial charge on any atom is -0.481 e. The lowest BCUT2D eigenvalue weighted by molar-refractivity contribution is 0.399. The van der Waals surface area contributed by atoms with E-state index >= 15 is 0 Å². The molecule has 0 spiro atoms. The number of aromatic amines is 1. The molecule has 0 amide bonds. The Kier molecular flexibility index (Phi) is 2.33. The van der Waals surface area contributed by atoms with Crippen molar-refractivity contribution < 1.29 is 4.74 Å². The van der Waals surface area contributed by atoms with E-state index in [2.05, 4.69) is 21.0 Å². The van der Waals surface area contributed by atoms with Crippen molar-refractivity contribution in [3.05, 3.63) is 42.2 Å². The first kappa shape index (κ1) is 11.7. The normalized spacial score (nSPS) is 11.0. The summed E-state index contributed by atoms with van der Waals surface area (Å²) >= 11 is 0. The quantitative estimate of drug-likeness (QED) is 0.578. The highest BCUT2D eigenvalue weighted by Gasteiger charge is 2.14. The van der Waals surface area contributed by atoms with Gasteiger partial charge >= 0.3 is 0 Å². The number of fused-ring (bicyclic) bond motifs is 5. The van der Waals surface area contributed by atoms with Crippen molar-refractivity contribution in [1.29, 1.82) is 5.26 Å². The first-order valence-electron chi connectivity index (χ1n) is 6.45. The molecule has 3 aromatic heterocycles. The van der Waals surface area contributed by atoms with Crippen molar-refractivity contribution >= 4 is 32.7 Å². The topological polar surface area (TPSA) is 74.6 Å². The second-order valence-corrected chi connectivity index (χ2v) is 4.76. The highest BCUT2D eigenvalue weighted by atomic mass is 16.5. The molecule has 100 valence electrons. The average molecular weight is 274 g/mol. The zero-order chi connectivity index (χ0) is 14.4. The molecule has 0 aliphatic heterocycles. The molecule has 1 aromatic carbocycles. The summed E-state index contributed by atoms with van der Waals surface area (Å²) in [4.78, 5) is 11.8. The zero-order valence-electron chi connectivity index (χ0n) is 11.2. The predicted octanol–water partition coefficient (Wildman–Crippen LogP) is 3.14. The van der Waals surface area contributed by atoms with Crippen molar-refractivity contribution in [1.82, 2.24) is 15.0 Å². The van der Waals surface area contributed by atoms with E-state index in [1.165, 1.54) is 0 Å². The second-order valence-electron chi connectivity index (χ2n) is 4.76. The molecule has 5 heteroatoms. The summed E-state index contributed by atoms with van der Waals surface area (Å²) < 4.78 is 5.16. The lowest BCUT2D eigenvalue weighted by Gasteiger charge is -2.01. The Hall–Kier alpha value is -3.13. The maximum Gasteiger partial charge on any atom is 0.214 e. The fourth-order valence-corrected chi connectivity index (χ4v) is 2.71. The van der Waals surface area contributed by atoms with E-state index in [0.29, 0.717) is 17.1 Å². The third-order valence-electron chi connectivity index (χ3n) is 3.65. The smallest absolute Gasteiger partial charge is 0.214 e. The van der Waals surface area contributed by atoms with Crippen LogP contribution in [0.5, 0.6) is 5.88 Å². The van der Waals surface area contributed by atoms with Crippen LogP contribution in [0.4, 0.5) is 0 Å². The van der Waals surface area contributed by atoms with Gasteiger partial charge in [0.15, 0.2) is 0 Å². The highest BCUT2D eigenvalue weighted by molar-refractivity contribution is 6.18. The minimum absolute atomic E-state index is 0.540. The molecule has 0 unspecified atom stereocenters. The molecule has 5 nitrogen and oxygen atoms in total. The van der Waals surface area contributed by atoms with Gasteiger partial charge in [-0.25, -0.2) is 0 Å². The standard InChI is InChI=1S/C16H10N4O/c1-21-13-3-2-12-14-9(7-17)6-10-8-18-5-4-11(10)15(14)20-16(12)19-13/h2-6,8H,1H3,(H,19,20). The zero-order valence-corrected chi connectivity index (χ0v) is 11.2. The summed E-state index contributed by atoms with van der Waals surface area (Å²) in [7, 11) is 1.58. The molecular weight excluding hydrogens is 264 g/mol. The van der Waals surface area contributed by atoms with Crippen LogP contribution in [0.1, 0.15) is 5.56 Å². The number of ether oxygens (including phenoxy) is 1. The van der Waals surface area contributed by atoms with Gasteiger partial charge < -0.3 is 9.72 Å². The molecule has 0 saturated heterocycles. The molecule has 4 rings (SSSR count). The van der Waals surface area contributed by atoms with Gasteiger partial charge in [0.2, 0.25) is 5.88 Å². The Morgan fingerprint density at radius 2 is 2.14 bits per heavy atom. The van der Waals surface area contributed by atoms with E-state index in [0.717, 1.165) is 27.1 Å². The summed E-state index contributed by atoms with van der Waals surface area (Å²) in [5.41, 5.74) is 2.23. The molecule has 4 aromatic rings. The van der Waals surface area contributed by atoms with Crippen LogP contribution in [-0.2, 0) is 0 Å². The van der Waals surface area contributed by atoms with Crippen LogP contribution in [0.25, 0.3) is 32.7 Å². The number of rotatable bonds is 1. The Labute approximate surface area is 119 Å². The maximum atomic E-state index is 9.44. The summed E-state index contributed by atoms with van der Waals surface area (Å²) in [6, 6.07) is 9.78. The van der Waals surface area contributed by atoms with Gasteiger partial charge in [-0.05, 0) is 18.2 Å². The van der Waals surface area contributed by atoms with Crippen molar-refractivity contribution in [3.8, 4) is 11.9 Å². The molecule has 3 heterocycles. The maximum absolute atomic E-state index is 9.44. The Bertz CT molecular complexity index is 1040. The first-order valence-corrected chi connectivity index (χ1v) is 6.45. The number of aromatic nitrogens is 3. The van der Waals surface area contributed by atoms with Crippen molar-refractivity contribution in [2.24, 2.45) is 0 Å². The Balaban J connectivity index is 2.27. The number of benzene rings is 1. The second kappa shape index (κ2) is 4.18. The van der Waals surface area contributed by atoms with Crippen molar-refractivity contribution in [3.63, 3.8) is 0 Å². The summed E-state index contributed by atoms with van der Waals surface area (Å²) in [6.45, 7) is 0. The number of nitriles is 1. The summed E-state index contributed by atoms with van der Waals surface area (Å²) in [5, 5.41) is 13.2. The van der Waals surface area contributed by atoms with Crippen LogP contribution in [0.15, 0.2) is 36.7 Å². The van der Waals surface area contributed by atoms with Crippen LogP contribution >= 0.6 is 0 Å². The molecule has 1 N–H and O–H groups in total. The Morgan fingerprint density at radius 3 is 2.95 bits per heavy atom.